The molecular formula is C24H35N3O2. The number of nitrogens with zero attached hydrogens (tertiary/aromatic N) is 3. The van der Waals surface area contributed by atoms with Crippen LogP contribution in [0.5, 0.6) is 0 Å². The van der Waals surface area contributed by atoms with E-state index in [0.717, 1.165) is 50.7 Å². The van der Waals surface area contributed by atoms with Crippen LogP contribution in [0, 0.1) is 0 Å². The van der Waals surface area contributed by atoms with E-state index in [1.807, 2.05) is 49.1 Å². The van der Waals surface area contributed by atoms with Crippen LogP contribution in [0.3, 0.4) is 0 Å². The Bertz CT molecular complexity index is 702. The van der Waals surface area contributed by atoms with Crippen LogP contribution in [0.15, 0.2) is 40.5 Å². The van der Waals surface area contributed by atoms with Gasteiger partial charge >= 0.3 is 6.02 Å². The van der Waals surface area contributed by atoms with Gasteiger partial charge < -0.3 is 4.84 Å². The highest BCUT2D eigenvalue weighted by Crippen LogP contribution is 2.27. The lowest BCUT2D eigenvalue weighted by Gasteiger charge is -2.34. The number of aliphatic imine (C=N–C) groups is 1. The largest absolute Gasteiger partial charge is 0.325 e. The lowest BCUT2D eigenvalue weighted by Crippen LogP contribution is -2.47. The molecule has 2 aliphatic rings. The Kier molecular flexibility index (Phi) is 8.26. The maximum Gasteiger partial charge on any atom is 0.325 e. The van der Waals surface area contributed by atoms with Crippen LogP contribution in [0.4, 0.5) is 0 Å². The van der Waals surface area contributed by atoms with E-state index < -0.39 is 0 Å². The number of carbonyl (C=O) groups is 1. The van der Waals surface area contributed by atoms with Gasteiger partial charge in [0.15, 0.2) is 0 Å². The molecule has 1 amide bonds. The van der Waals surface area contributed by atoms with Crippen LogP contribution in [-0.2, 0) is 4.84 Å². The van der Waals surface area contributed by atoms with Crippen molar-refractivity contribution in [2.45, 2.75) is 96.6 Å². The molecule has 158 valence electrons. The molecule has 0 saturated heterocycles. The summed E-state index contributed by atoms with van der Waals surface area (Å²) in [5, 5.41) is 4.29. The molecule has 1 aromatic carbocycles. The minimum absolute atomic E-state index is 0.0311. The van der Waals surface area contributed by atoms with Gasteiger partial charge in [0.05, 0.1) is 11.8 Å². The summed E-state index contributed by atoms with van der Waals surface area (Å²) in [6.07, 6.45) is 12.1. The van der Waals surface area contributed by atoms with Gasteiger partial charge in [-0.3, -0.25) is 9.69 Å². The molecule has 0 atom stereocenters. The van der Waals surface area contributed by atoms with E-state index in [1.165, 1.54) is 25.7 Å². The Morgan fingerprint density at radius 2 is 1.62 bits per heavy atom. The number of hydrogen-bond donors (Lipinski definition) is 0. The zero-order chi connectivity index (χ0) is 20.5. The molecule has 1 aromatic rings. The van der Waals surface area contributed by atoms with Gasteiger partial charge in [-0.15, -0.1) is 0 Å². The van der Waals surface area contributed by atoms with Crippen LogP contribution < -0.4 is 0 Å². The predicted molar refractivity (Wildman–Crippen MR) is 118 cm³/mol. The second-order valence-electron chi connectivity index (χ2n) is 8.31. The molecule has 5 heteroatoms. The minimum atomic E-state index is -0.0311. The van der Waals surface area contributed by atoms with Crippen LogP contribution >= 0.6 is 0 Å². The third kappa shape index (κ3) is 6.15. The molecule has 0 aromatic heterocycles. The van der Waals surface area contributed by atoms with Crippen molar-refractivity contribution in [1.82, 2.24) is 4.90 Å². The number of amidine groups is 1. The van der Waals surface area contributed by atoms with E-state index in [9.17, 15) is 4.79 Å². The van der Waals surface area contributed by atoms with Crippen LogP contribution in [0.25, 0.3) is 0 Å². The molecule has 0 heterocycles. The lowest BCUT2D eigenvalue weighted by atomic mass is 9.93. The molecule has 0 aliphatic heterocycles. The first kappa shape index (κ1) is 21.5. The molecule has 0 spiro atoms. The molecule has 0 bridgehead atoms. The van der Waals surface area contributed by atoms with Crippen molar-refractivity contribution in [3.63, 3.8) is 0 Å². The summed E-state index contributed by atoms with van der Waals surface area (Å²) in [5.41, 5.74) is 1.58. The Hall–Kier alpha value is -2.17. The van der Waals surface area contributed by atoms with Crippen molar-refractivity contribution in [2.24, 2.45) is 10.1 Å². The van der Waals surface area contributed by atoms with Gasteiger partial charge in [0.25, 0.3) is 5.91 Å². The van der Waals surface area contributed by atoms with E-state index >= 15 is 0 Å². The first-order chi connectivity index (χ1) is 14.2. The van der Waals surface area contributed by atoms with Crippen molar-refractivity contribution in [1.29, 1.82) is 0 Å². The summed E-state index contributed by atoms with van der Waals surface area (Å²) in [4.78, 5) is 26.2. The topological polar surface area (TPSA) is 54.3 Å². The maximum absolute atomic E-state index is 13.6. The fraction of sp³-hybridized carbons (Fsp3) is 0.625. The Morgan fingerprint density at radius 1 is 1.00 bits per heavy atom. The lowest BCUT2D eigenvalue weighted by molar-refractivity contribution is 0.0715. The monoisotopic (exact) mass is 397 g/mol. The highest BCUT2D eigenvalue weighted by atomic mass is 16.6. The summed E-state index contributed by atoms with van der Waals surface area (Å²) < 4.78 is 0. The second-order valence-corrected chi connectivity index (χ2v) is 8.31. The third-order valence-corrected chi connectivity index (χ3v) is 6.05. The fourth-order valence-corrected chi connectivity index (χ4v) is 4.15. The van der Waals surface area contributed by atoms with Gasteiger partial charge in [0.1, 0.15) is 0 Å². The molecule has 0 unspecified atom stereocenters. The van der Waals surface area contributed by atoms with E-state index in [1.54, 1.807) is 0 Å². The van der Waals surface area contributed by atoms with Gasteiger partial charge in [-0.25, -0.2) is 4.99 Å². The fourth-order valence-electron chi connectivity index (χ4n) is 4.15. The van der Waals surface area contributed by atoms with Crippen molar-refractivity contribution >= 4 is 17.6 Å². The van der Waals surface area contributed by atoms with Gasteiger partial charge in [0, 0.05) is 11.6 Å². The Morgan fingerprint density at radius 3 is 2.24 bits per heavy atom. The average Bonchev–Trinajstić information content (AvgIpc) is 2.79. The molecule has 2 aliphatic carbocycles. The normalized spacial score (nSPS) is 19.8. The number of amides is 1. The van der Waals surface area contributed by atoms with E-state index in [0.29, 0.717) is 11.6 Å². The van der Waals surface area contributed by atoms with E-state index in [2.05, 4.69) is 5.16 Å². The maximum atomic E-state index is 13.6. The van der Waals surface area contributed by atoms with Crippen molar-refractivity contribution in [3.8, 4) is 0 Å². The zero-order valence-corrected chi connectivity index (χ0v) is 18.0. The SMILES string of the molecule is CCC(C)=NOC(=NC1CCCCC1)N(C(=O)c1ccccc1)C1CCCCC1. The number of carbonyl (C=O) groups excluding carboxylic acids is 1. The van der Waals surface area contributed by atoms with Gasteiger partial charge in [-0.05, 0) is 51.2 Å². The highest BCUT2D eigenvalue weighted by molar-refractivity contribution is 6.04. The number of oxime groups is 1. The van der Waals surface area contributed by atoms with E-state index in [4.69, 9.17) is 9.83 Å². The quantitative estimate of drug-likeness (QED) is 0.350. The summed E-state index contributed by atoms with van der Waals surface area (Å²) in [6.45, 7) is 4.00. The molecule has 2 saturated carbocycles. The third-order valence-electron chi connectivity index (χ3n) is 6.05. The summed E-state index contributed by atoms with van der Waals surface area (Å²) in [5.74, 6) is -0.0311. The van der Waals surface area contributed by atoms with Crippen LogP contribution in [0.1, 0.15) is 94.8 Å². The predicted octanol–water partition coefficient (Wildman–Crippen LogP) is 5.95. The molecule has 5 nitrogen and oxygen atoms in total. The summed E-state index contributed by atoms with van der Waals surface area (Å²) >= 11 is 0. The standard InChI is InChI=1S/C24H35N3O2/c1-3-19(2)26-29-24(25-21-15-9-5-10-16-21)27(22-17-11-6-12-18-22)23(28)20-13-7-4-8-14-20/h4,7-8,13-14,21-22H,3,5-6,9-12,15-18H2,1-2H3. The van der Waals surface area contributed by atoms with E-state index in [-0.39, 0.29) is 18.0 Å². The summed E-state index contributed by atoms with van der Waals surface area (Å²) in [6, 6.07) is 10.2. The van der Waals surface area contributed by atoms with Gasteiger partial charge in [-0.2, -0.15) is 0 Å². The Labute approximate surface area is 175 Å². The number of rotatable bonds is 5. The summed E-state index contributed by atoms with van der Waals surface area (Å²) in [7, 11) is 0. The molecule has 29 heavy (non-hydrogen) atoms. The van der Waals surface area contributed by atoms with Crippen molar-refractivity contribution in [2.75, 3.05) is 0 Å². The van der Waals surface area contributed by atoms with Gasteiger partial charge in [-0.1, -0.05) is 68.8 Å². The molecule has 0 radical (unpaired) electrons. The highest BCUT2D eigenvalue weighted by Gasteiger charge is 2.32. The average molecular weight is 398 g/mol. The van der Waals surface area contributed by atoms with Crippen LogP contribution in [-0.4, -0.2) is 34.6 Å². The molecule has 2 fully saturated rings. The molecule has 3 rings (SSSR count). The van der Waals surface area contributed by atoms with Crippen molar-refractivity contribution in [3.05, 3.63) is 35.9 Å². The Balaban J connectivity index is 1.95. The van der Waals surface area contributed by atoms with Crippen LogP contribution in [0.2, 0.25) is 0 Å². The zero-order valence-electron chi connectivity index (χ0n) is 18.0. The first-order valence-corrected chi connectivity index (χ1v) is 11.4. The number of hydrogen-bond acceptors (Lipinski definition) is 4. The first-order valence-electron chi connectivity index (χ1n) is 11.4. The second kappa shape index (κ2) is 11.1. The van der Waals surface area contributed by atoms with Gasteiger partial charge in [0.2, 0.25) is 0 Å². The van der Waals surface area contributed by atoms with Crippen molar-refractivity contribution < 1.29 is 9.63 Å². The molecular weight excluding hydrogens is 362 g/mol. The minimum Gasteiger partial charge on any atom is -0.317 e. The smallest absolute Gasteiger partial charge is 0.317 e. The molecule has 0 N–H and O–H groups in total. The number of benzene rings is 1.